The number of rotatable bonds is 0. The Hall–Kier alpha value is -2.96. The monoisotopic (exact) mass is 311 g/mol. The number of aromatic nitrogens is 3. The molecule has 2 aromatic rings. The van der Waals surface area contributed by atoms with Crippen molar-refractivity contribution in [3.05, 3.63) is 48.6 Å². The van der Waals surface area contributed by atoms with Gasteiger partial charge in [0.15, 0.2) is 0 Å². The van der Waals surface area contributed by atoms with Gasteiger partial charge in [-0.25, -0.2) is 9.97 Å². The van der Waals surface area contributed by atoms with Crippen LogP contribution in [-0.2, 0) is 0 Å². The first-order valence-corrected chi connectivity index (χ1v) is 7.43. The molecule has 0 spiro atoms. The van der Waals surface area contributed by atoms with E-state index in [1.165, 1.54) is 0 Å². The Morgan fingerprint density at radius 3 is 3.00 bits per heavy atom. The molecule has 1 amide bonds. The normalized spacial score (nSPS) is 15.2. The number of anilines is 2. The maximum Gasteiger partial charge on any atom is 0.274 e. The van der Waals surface area contributed by atoms with Crippen molar-refractivity contribution < 1.29 is 9.53 Å². The summed E-state index contributed by atoms with van der Waals surface area (Å²) in [6.07, 6.45) is 10.5. The molecule has 7 nitrogen and oxygen atoms in total. The summed E-state index contributed by atoms with van der Waals surface area (Å²) in [5.74, 6) is 0.689. The van der Waals surface area contributed by atoms with Crippen LogP contribution in [0, 0.1) is 0 Å². The Kier molecular flexibility index (Phi) is 4.78. The molecule has 1 aliphatic heterocycles. The van der Waals surface area contributed by atoms with Crippen molar-refractivity contribution in [3.63, 3.8) is 0 Å². The van der Waals surface area contributed by atoms with Gasteiger partial charge in [-0.1, -0.05) is 12.2 Å². The van der Waals surface area contributed by atoms with Crippen molar-refractivity contribution in [2.75, 3.05) is 23.8 Å². The van der Waals surface area contributed by atoms with Crippen LogP contribution in [0.25, 0.3) is 0 Å². The highest BCUT2D eigenvalue weighted by Crippen LogP contribution is 2.23. The molecule has 0 aromatic carbocycles. The third kappa shape index (κ3) is 4.03. The number of pyridine rings is 1. The van der Waals surface area contributed by atoms with Gasteiger partial charge >= 0.3 is 0 Å². The van der Waals surface area contributed by atoms with Crippen LogP contribution in [0.2, 0.25) is 0 Å². The molecular weight excluding hydrogens is 294 g/mol. The fourth-order valence-electron chi connectivity index (χ4n) is 2.10. The molecule has 0 radical (unpaired) electrons. The molecule has 2 N–H and O–H groups in total. The van der Waals surface area contributed by atoms with Crippen LogP contribution in [0.4, 0.5) is 11.6 Å². The largest absolute Gasteiger partial charge is 0.491 e. The van der Waals surface area contributed by atoms with Gasteiger partial charge in [-0.05, 0) is 18.9 Å². The molecule has 0 aliphatic carbocycles. The first-order valence-electron chi connectivity index (χ1n) is 7.43. The lowest BCUT2D eigenvalue weighted by Crippen LogP contribution is -2.16. The van der Waals surface area contributed by atoms with Crippen molar-refractivity contribution in [2.24, 2.45) is 0 Å². The van der Waals surface area contributed by atoms with Crippen LogP contribution in [0.5, 0.6) is 5.75 Å². The quantitative estimate of drug-likeness (QED) is 0.726. The Morgan fingerprint density at radius 1 is 1.13 bits per heavy atom. The number of carbonyl (C=O) groups is 1. The van der Waals surface area contributed by atoms with E-state index in [9.17, 15) is 4.79 Å². The highest BCUT2D eigenvalue weighted by Gasteiger charge is 2.12. The second kappa shape index (κ2) is 7.35. The van der Waals surface area contributed by atoms with Crippen molar-refractivity contribution in [2.45, 2.75) is 12.8 Å². The standard InChI is InChI=1S/C16H17N5O2/c22-15-12-5-9-19-16(21-12)18-7-3-1-2-4-10-23-14-6-8-17-11-13(14)20-15/h1-2,5-6,8-9,11H,3-4,7,10H2,(H,20,22)(H,18,19,21). The lowest BCUT2D eigenvalue weighted by molar-refractivity contribution is 0.102. The maximum atomic E-state index is 12.4. The van der Waals surface area contributed by atoms with Crippen molar-refractivity contribution in [1.29, 1.82) is 0 Å². The molecule has 0 saturated heterocycles. The lowest BCUT2D eigenvalue weighted by atomic mass is 10.3. The van der Waals surface area contributed by atoms with Crippen LogP contribution in [0.3, 0.4) is 0 Å². The number of nitrogens with zero attached hydrogens (tertiary/aromatic N) is 3. The Bertz CT molecular complexity index is 717. The third-order valence-electron chi connectivity index (χ3n) is 3.22. The molecule has 0 fully saturated rings. The van der Waals surface area contributed by atoms with Gasteiger partial charge in [-0.2, -0.15) is 0 Å². The Morgan fingerprint density at radius 2 is 2.04 bits per heavy atom. The summed E-state index contributed by atoms with van der Waals surface area (Å²) in [6.45, 7) is 1.23. The first-order chi connectivity index (χ1) is 11.3. The van der Waals surface area contributed by atoms with Crippen molar-refractivity contribution in [1.82, 2.24) is 15.0 Å². The average molecular weight is 311 g/mol. The zero-order valence-corrected chi connectivity index (χ0v) is 12.5. The minimum absolute atomic E-state index is 0.280. The number of ether oxygens (including phenoxy) is 1. The molecule has 3 rings (SSSR count). The molecular formula is C16H17N5O2. The minimum atomic E-state index is -0.332. The summed E-state index contributed by atoms with van der Waals surface area (Å²) >= 11 is 0. The van der Waals surface area contributed by atoms with Crippen LogP contribution in [0.15, 0.2) is 42.9 Å². The van der Waals surface area contributed by atoms with Gasteiger partial charge in [0.05, 0.1) is 12.8 Å². The second-order valence-electron chi connectivity index (χ2n) is 4.92. The molecule has 7 heteroatoms. The summed E-state index contributed by atoms with van der Waals surface area (Å²) in [5.41, 5.74) is 0.798. The summed E-state index contributed by atoms with van der Waals surface area (Å²) in [5, 5.41) is 5.87. The minimum Gasteiger partial charge on any atom is -0.491 e. The van der Waals surface area contributed by atoms with E-state index >= 15 is 0 Å². The Labute approximate surface area is 133 Å². The molecule has 0 unspecified atom stereocenters. The number of fused-ring (bicyclic) bond motifs is 3. The summed E-state index contributed by atoms with van der Waals surface area (Å²) < 4.78 is 5.71. The summed E-state index contributed by atoms with van der Waals surface area (Å²) in [4.78, 5) is 24.7. The fraction of sp³-hybridized carbons (Fsp3) is 0.250. The van der Waals surface area contributed by atoms with E-state index in [1.807, 2.05) is 0 Å². The molecule has 1 aliphatic rings. The summed E-state index contributed by atoms with van der Waals surface area (Å²) in [7, 11) is 0. The topological polar surface area (TPSA) is 89.0 Å². The lowest BCUT2D eigenvalue weighted by Gasteiger charge is -2.11. The highest BCUT2D eigenvalue weighted by molar-refractivity contribution is 6.03. The number of amides is 1. The smallest absolute Gasteiger partial charge is 0.274 e. The van der Waals surface area contributed by atoms with E-state index in [1.54, 1.807) is 30.7 Å². The van der Waals surface area contributed by atoms with Gasteiger partial charge in [0, 0.05) is 25.0 Å². The fourth-order valence-corrected chi connectivity index (χ4v) is 2.10. The molecule has 23 heavy (non-hydrogen) atoms. The van der Waals surface area contributed by atoms with Crippen molar-refractivity contribution in [3.8, 4) is 5.75 Å². The van der Waals surface area contributed by atoms with E-state index in [4.69, 9.17) is 4.74 Å². The maximum absolute atomic E-state index is 12.4. The number of carbonyl (C=O) groups excluding carboxylic acids is 1. The zero-order chi connectivity index (χ0) is 15.9. The third-order valence-corrected chi connectivity index (χ3v) is 3.22. The van der Waals surface area contributed by atoms with E-state index in [-0.39, 0.29) is 11.6 Å². The van der Waals surface area contributed by atoms with Gasteiger partial charge in [-0.3, -0.25) is 9.78 Å². The van der Waals surface area contributed by atoms with E-state index in [2.05, 4.69) is 37.7 Å². The second-order valence-corrected chi connectivity index (χ2v) is 4.92. The van der Waals surface area contributed by atoms with Gasteiger partial charge in [-0.15, -0.1) is 0 Å². The average Bonchev–Trinajstić information content (AvgIpc) is 2.58. The van der Waals surface area contributed by atoms with Crippen LogP contribution < -0.4 is 15.4 Å². The van der Waals surface area contributed by atoms with Crippen LogP contribution >= 0.6 is 0 Å². The van der Waals surface area contributed by atoms with E-state index in [0.717, 1.165) is 12.8 Å². The molecule has 0 atom stereocenters. The predicted octanol–water partition coefficient (Wildman–Crippen LogP) is 2.26. The summed E-state index contributed by atoms with van der Waals surface area (Å²) in [6, 6.07) is 3.29. The SMILES string of the molecule is O=C1Nc2cnccc2OCCC=CCCNc2nccc1n2. The Balaban J connectivity index is 1.88. The van der Waals surface area contributed by atoms with Gasteiger partial charge in [0.25, 0.3) is 5.91 Å². The molecule has 3 heterocycles. The molecule has 0 saturated carbocycles. The number of hydrogen-bond acceptors (Lipinski definition) is 6. The highest BCUT2D eigenvalue weighted by atomic mass is 16.5. The molecule has 2 aromatic heterocycles. The number of nitrogens with one attached hydrogen (secondary N) is 2. The van der Waals surface area contributed by atoms with Gasteiger partial charge in [0.1, 0.15) is 17.1 Å². The number of hydrogen-bond donors (Lipinski definition) is 2. The first kappa shape index (κ1) is 15.0. The zero-order valence-electron chi connectivity index (χ0n) is 12.5. The van der Waals surface area contributed by atoms with E-state index < -0.39 is 0 Å². The predicted molar refractivity (Wildman–Crippen MR) is 86.6 cm³/mol. The molecule has 2 bridgehead atoms. The van der Waals surface area contributed by atoms with Gasteiger partial charge in [0.2, 0.25) is 5.95 Å². The van der Waals surface area contributed by atoms with E-state index in [0.29, 0.717) is 30.5 Å². The van der Waals surface area contributed by atoms with Crippen molar-refractivity contribution >= 4 is 17.5 Å². The van der Waals surface area contributed by atoms with Gasteiger partial charge < -0.3 is 15.4 Å². The van der Waals surface area contributed by atoms with Crippen LogP contribution in [0.1, 0.15) is 23.3 Å². The molecule has 118 valence electrons. The van der Waals surface area contributed by atoms with Crippen LogP contribution in [-0.4, -0.2) is 34.0 Å².